The molecular formula is C28H24NPS. The molecule has 0 atom stereocenters. The number of benzene rings is 4. The standard InChI is InChI=1S/C28H24NPS/c1-23(29-28(31)24-14-6-2-7-15-24)22-30(25-16-8-3-9-17-25,26-18-10-4-11-19-26)27-20-12-5-13-21-27/h2-22H,1H3/b23-22-. The fourth-order valence-electron chi connectivity index (χ4n) is 3.77. The second-order valence-electron chi connectivity index (χ2n) is 7.28. The zero-order chi connectivity index (χ0) is 21.5. The van der Waals surface area contributed by atoms with Crippen LogP contribution in [0.25, 0.3) is 0 Å². The van der Waals surface area contributed by atoms with Crippen molar-refractivity contribution in [2.45, 2.75) is 6.92 Å². The summed E-state index contributed by atoms with van der Waals surface area (Å²) in [7, 11) is -2.07. The summed E-state index contributed by atoms with van der Waals surface area (Å²) >= 11 is 5.64. The van der Waals surface area contributed by atoms with Crippen molar-refractivity contribution in [3.8, 4) is 0 Å². The van der Waals surface area contributed by atoms with Crippen molar-refractivity contribution in [3.05, 3.63) is 138 Å². The quantitative estimate of drug-likeness (QED) is 0.160. The van der Waals surface area contributed by atoms with Crippen LogP contribution in [0.3, 0.4) is 0 Å². The Morgan fingerprint density at radius 2 is 0.968 bits per heavy atom. The molecule has 0 spiro atoms. The summed E-state index contributed by atoms with van der Waals surface area (Å²) in [4.78, 5) is 4.83. The predicted molar refractivity (Wildman–Crippen MR) is 139 cm³/mol. The molecule has 0 bridgehead atoms. The van der Waals surface area contributed by atoms with Crippen LogP contribution in [0.15, 0.2) is 138 Å². The molecule has 0 aliphatic rings. The van der Waals surface area contributed by atoms with Gasteiger partial charge in [0.2, 0.25) is 0 Å². The second-order valence-corrected chi connectivity index (χ2v) is 10.9. The van der Waals surface area contributed by atoms with E-state index >= 15 is 0 Å². The maximum absolute atomic E-state index is 5.64. The van der Waals surface area contributed by atoms with Crippen LogP contribution in [0.5, 0.6) is 0 Å². The van der Waals surface area contributed by atoms with Crippen LogP contribution in [0.1, 0.15) is 12.5 Å². The minimum atomic E-state index is -2.07. The van der Waals surface area contributed by atoms with Gasteiger partial charge in [0.25, 0.3) is 0 Å². The van der Waals surface area contributed by atoms with Gasteiger partial charge in [-0.2, -0.15) is 0 Å². The molecule has 0 aliphatic heterocycles. The number of allylic oxidation sites excluding steroid dienone is 1. The minimum absolute atomic E-state index is 0.613. The molecule has 31 heavy (non-hydrogen) atoms. The third kappa shape index (κ3) is 4.66. The number of aliphatic imine (C=N–C) groups is 1. The smallest absolute Gasteiger partial charge is 0.138 e. The molecule has 4 rings (SSSR count). The zero-order valence-corrected chi connectivity index (χ0v) is 19.1. The van der Waals surface area contributed by atoms with Gasteiger partial charge in [0.1, 0.15) is 23.2 Å². The molecule has 0 heterocycles. The lowest BCUT2D eigenvalue weighted by atomic mass is 10.2. The Morgan fingerprint density at radius 3 is 1.35 bits per heavy atom. The van der Waals surface area contributed by atoms with Gasteiger partial charge in [-0.3, -0.25) is 4.99 Å². The Hall–Kier alpha value is -3.06. The molecule has 0 N–H and O–H groups in total. The Bertz CT molecular complexity index is 1070. The van der Waals surface area contributed by atoms with E-state index in [2.05, 4.69) is 104 Å². The van der Waals surface area contributed by atoms with E-state index in [1.165, 1.54) is 15.9 Å². The van der Waals surface area contributed by atoms with Crippen molar-refractivity contribution < 1.29 is 0 Å². The Labute approximate surface area is 191 Å². The maximum atomic E-state index is 5.64. The van der Waals surface area contributed by atoms with E-state index in [4.69, 9.17) is 17.6 Å². The number of hydrogen-bond donors (Lipinski definition) is 0. The van der Waals surface area contributed by atoms with Crippen molar-refractivity contribution in [2.75, 3.05) is 0 Å². The Morgan fingerprint density at radius 1 is 0.613 bits per heavy atom. The summed E-state index contributed by atoms with van der Waals surface area (Å²) in [6.07, 6.45) is 0. The molecule has 0 saturated heterocycles. The fraction of sp³-hybridized carbons (Fsp3) is 0.0357. The SMILES string of the molecule is C/C(=C/[P+](c1ccccc1)(c1ccccc1)c1ccccc1)N=C([S-])c1ccccc1. The first-order valence-electron chi connectivity index (χ1n) is 10.3. The van der Waals surface area contributed by atoms with Gasteiger partial charge in [0.15, 0.2) is 0 Å². The van der Waals surface area contributed by atoms with Gasteiger partial charge in [-0.15, -0.1) is 0 Å². The number of nitrogens with zero attached hydrogens (tertiary/aromatic N) is 1. The predicted octanol–water partition coefficient (Wildman–Crippen LogP) is 5.84. The summed E-state index contributed by atoms with van der Waals surface area (Å²) in [5.74, 6) is 2.35. The van der Waals surface area contributed by atoms with Crippen molar-refractivity contribution in [3.63, 3.8) is 0 Å². The monoisotopic (exact) mass is 437 g/mol. The molecule has 4 aromatic rings. The van der Waals surface area contributed by atoms with Crippen molar-refractivity contribution >= 4 is 40.8 Å². The first-order chi connectivity index (χ1) is 15.2. The van der Waals surface area contributed by atoms with Crippen LogP contribution >= 0.6 is 7.26 Å². The van der Waals surface area contributed by atoms with Gasteiger partial charge in [-0.05, 0) is 48.9 Å². The van der Waals surface area contributed by atoms with E-state index in [0.717, 1.165) is 11.3 Å². The van der Waals surface area contributed by atoms with E-state index < -0.39 is 7.26 Å². The molecule has 152 valence electrons. The third-order valence-corrected chi connectivity index (χ3v) is 9.60. The highest BCUT2D eigenvalue weighted by Gasteiger charge is 2.43. The van der Waals surface area contributed by atoms with Gasteiger partial charge >= 0.3 is 0 Å². The molecule has 0 aromatic heterocycles. The summed E-state index contributed by atoms with van der Waals surface area (Å²) in [5, 5.41) is 4.51. The van der Waals surface area contributed by atoms with Crippen LogP contribution in [-0.4, -0.2) is 5.04 Å². The van der Waals surface area contributed by atoms with Crippen LogP contribution in [0.2, 0.25) is 0 Å². The highest BCUT2D eigenvalue weighted by molar-refractivity contribution is 7.98. The van der Waals surface area contributed by atoms with Crippen molar-refractivity contribution in [2.24, 2.45) is 4.99 Å². The maximum Gasteiger partial charge on any atom is 0.138 e. The number of hydrogen-bond acceptors (Lipinski definition) is 2. The zero-order valence-electron chi connectivity index (χ0n) is 17.4. The first kappa shape index (κ1) is 21.2. The topological polar surface area (TPSA) is 12.4 Å². The molecule has 0 radical (unpaired) electrons. The third-order valence-electron chi connectivity index (χ3n) is 5.17. The Balaban J connectivity index is 1.95. The van der Waals surface area contributed by atoms with E-state index in [1.807, 2.05) is 30.3 Å². The normalized spacial score (nSPS) is 12.5. The lowest BCUT2D eigenvalue weighted by Crippen LogP contribution is -2.29. The van der Waals surface area contributed by atoms with Crippen molar-refractivity contribution in [1.29, 1.82) is 0 Å². The molecule has 4 aromatic carbocycles. The highest BCUT2D eigenvalue weighted by atomic mass is 32.1. The summed E-state index contributed by atoms with van der Waals surface area (Å²) in [6.45, 7) is 2.05. The molecule has 0 amide bonds. The molecule has 0 aliphatic carbocycles. The van der Waals surface area contributed by atoms with Crippen molar-refractivity contribution in [1.82, 2.24) is 0 Å². The van der Waals surface area contributed by atoms with E-state index in [9.17, 15) is 0 Å². The summed E-state index contributed by atoms with van der Waals surface area (Å²) < 4.78 is 0. The lowest BCUT2D eigenvalue weighted by Gasteiger charge is -2.24. The van der Waals surface area contributed by atoms with Gasteiger partial charge in [-0.1, -0.05) is 90.0 Å². The lowest BCUT2D eigenvalue weighted by molar-refractivity contribution is 1.32. The van der Waals surface area contributed by atoms with Crippen LogP contribution in [0, 0.1) is 0 Å². The number of rotatable bonds is 6. The second kappa shape index (κ2) is 9.83. The molecule has 0 fully saturated rings. The minimum Gasteiger partial charge on any atom is -0.760 e. The van der Waals surface area contributed by atoms with Crippen LogP contribution in [-0.2, 0) is 12.6 Å². The molecule has 3 heteroatoms. The van der Waals surface area contributed by atoms with Gasteiger partial charge in [0.05, 0.1) is 11.5 Å². The first-order valence-corrected chi connectivity index (χ1v) is 12.5. The van der Waals surface area contributed by atoms with E-state index in [0.29, 0.717) is 5.04 Å². The van der Waals surface area contributed by atoms with E-state index in [-0.39, 0.29) is 0 Å². The largest absolute Gasteiger partial charge is 0.760 e. The summed E-state index contributed by atoms with van der Waals surface area (Å²) in [6, 6.07) is 42.3. The Kier molecular flexibility index (Phi) is 6.72. The fourth-order valence-corrected chi connectivity index (χ4v) is 7.94. The average molecular weight is 438 g/mol. The highest BCUT2D eigenvalue weighted by Crippen LogP contribution is 2.57. The van der Waals surface area contributed by atoms with Crippen LogP contribution < -0.4 is 15.9 Å². The molecular weight excluding hydrogens is 413 g/mol. The molecule has 0 saturated carbocycles. The van der Waals surface area contributed by atoms with E-state index in [1.54, 1.807) is 0 Å². The van der Waals surface area contributed by atoms with Gasteiger partial charge < -0.3 is 12.6 Å². The van der Waals surface area contributed by atoms with Crippen LogP contribution in [0.4, 0.5) is 0 Å². The van der Waals surface area contributed by atoms with Gasteiger partial charge in [-0.25, -0.2) is 0 Å². The molecule has 1 nitrogen and oxygen atoms in total. The molecule has 0 unspecified atom stereocenters. The van der Waals surface area contributed by atoms with Gasteiger partial charge in [0, 0.05) is 0 Å². The summed E-state index contributed by atoms with van der Waals surface area (Å²) in [5.41, 5.74) is 1.90. The average Bonchev–Trinajstić information content (AvgIpc) is 2.85.